The predicted molar refractivity (Wildman–Crippen MR) is 87.7 cm³/mol. The molecule has 1 aliphatic rings. The highest BCUT2D eigenvalue weighted by atomic mass is 79.9. The molecule has 1 saturated heterocycles. The summed E-state index contributed by atoms with van der Waals surface area (Å²) in [6.45, 7) is 6.30. The van der Waals surface area contributed by atoms with E-state index in [9.17, 15) is 4.79 Å². The van der Waals surface area contributed by atoms with Crippen molar-refractivity contribution in [3.63, 3.8) is 0 Å². The summed E-state index contributed by atoms with van der Waals surface area (Å²) >= 11 is 3.39. The Morgan fingerprint density at radius 3 is 2.52 bits per heavy atom. The molecule has 1 fully saturated rings. The van der Waals surface area contributed by atoms with Crippen LogP contribution in [0.3, 0.4) is 0 Å². The van der Waals surface area contributed by atoms with Gasteiger partial charge in [0.15, 0.2) is 0 Å². The van der Waals surface area contributed by atoms with Gasteiger partial charge in [0.25, 0.3) is 0 Å². The van der Waals surface area contributed by atoms with Gasteiger partial charge in [-0.15, -0.1) is 0 Å². The van der Waals surface area contributed by atoms with Crippen molar-refractivity contribution in [1.82, 2.24) is 0 Å². The van der Waals surface area contributed by atoms with E-state index in [-0.39, 0.29) is 5.97 Å². The minimum Gasteiger partial charge on any atom is -0.456 e. The number of esters is 1. The minimum atomic E-state index is -0.393. The van der Waals surface area contributed by atoms with Gasteiger partial charge in [0, 0.05) is 29.3 Å². The molecule has 0 atom stereocenters. The molecule has 1 aromatic carbocycles. The Kier molecular flexibility index (Phi) is 5.59. The molecule has 114 valence electrons. The molecular weight excluding hydrogens is 330 g/mol. The number of benzene rings is 1. The van der Waals surface area contributed by atoms with E-state index < -0.39 is 5.60 Å². The van der Waals surface area contributed by atoms with Crippen LogP contribution < -0.4 is 5.32 Å². The Labute approximate surface area is 134 Å². The summed E-state index contributed by atoms with van der Waals surface area (Å²) in [5.41, 5.74) is 0.593. The second kappa shape index (κ2) is 7.23. The summed E-state index contributed by atoms with van der Waals surface area (Å²) in [6.07, 6.45) is 5.52. The van der Waals surface area contributed by atoms with Crippen molar-refractivity contribution >= 4 is 28.0 Å². The van der Waals surface area contributed by atoms with Gasteiger partial charge in [0.2, 0.25) is 0 Å². The molecule has 1 heterocycles. The van der Waals surface area contributed by atoms with Crippen LogP contribution in [0, 0.1) is 5.92 Å². The van der Waals surface area contributed by atoms with Crippen LogP contribution in [0.2, 0.25) is 0 Å². The maximum Gasteiger partial charge on any atom is 0.331 e. The summed E-state index contributed by atoms with van der Waals surface area (Å²) in [7, 11) is 0. The number of carbonyl (C=O) groups is 1. The average Bonchev–Trinajstić information content (AvgIpc) is 2.47. The smallest absolute Gasteiger partial charge is 0.331 e. The van der Waals surface area contributed by atoms with Crippen LogP contribution in [-0.2, 0) is 9.53 Å². The summed E-state index contributed by atoms with van der Waals surface area (Å²) in [5.74, 6) is 0.185. The van der Waals surface area contributed by atoms with Gasteiger partial charge >= 0.3 is 5.97 Å². The summed E-state index contributed by atoms with van der Waals surface area (Å²) in [6, 6.07) is 7.81. The Morgan fingerprint density at radius 2 is 1.90 bits per heavy atom. The largest absolute Gasteiger partial charge is 0.456 e. The molecule has 0 aliphatic carbocycles. The zero-order valence-electron chi connectivity index (χ0n) is 12.6. The number of quaternary nitrogens is 1. The number of hydrogen-bond donors (Lipinski definition) is 1. The van der Waals surface area contributed by atoms with Gasteiger partial charge in [-0.25, -0.2) is 4.79 Å². The van der Waals surface area contributed by atoms with E-state index in [0.29, 0.717) is 5.92 Å². The Bertz CT molecular complexity index is 502. The fourth-order valence-corrected chi connectivity index (χ4v) is 3.00. The first-order valence-electron chi connectivity index (χ1n) is 7.46. The molecule has 0 radical (unpaired) electrons. The Hall–Kier alpha value is -1.13. The lowest BCUT2D eigenvalue weighted by Gasteiger charge is -2.35. The minimum absolute atomic E-state index is 0.266. The van der Waals surface area contributed by atoms with E-state index in [1.54, 1.807) is 6.08 Å². The Balaban J connectivity index is 1.92. The molecule has 21 heavy (non-hydrogen) atoms. The SMILES string of the molecule is CC(C)(OC(=O)/C=C/c1ccc(Br)cc1)C1CC[NH2+]CC1. The molecule has 2 N–H and O–H groups in total. The lowest BCUT2D eigenvalue weighted by atomic mass is 9.83. The zero-order chi connectivity index (χ0) is 15.3. The van der Waals surface area contributed by atoms with Crippen molar-refractivity contribution in [3.05, 3.63) is 40.4 Å². The van der Waals surface area contributed by atoms with E-state index in [1.807, 2.05) is 38.1 Å². The molecule has 0 unspecified atom stereocenters. The third-order valence-corrected chi connectivity index (χ3v) is 4.60. The number of ether oxygens (including phenoxy) is 1. The topological polar surface area (TPSA) is 42.9 Å². The molecule has 0 aromatic heterocycles. The second-order valence-corrected chi connectivity index (χ2v) is 6.97. The molecular formula is C17H23BrNO2+. The van der Waals surface area contributed by atoms with Crippen molar-refractivity contribution in [2.45, 2.75) is 32.3 Å². The first-order chi connectivity index (χ1) is 9.97. The van der Waals surface area contributed by atoms with Gasteiger partial charge in [-0.2, -0.15) is 0 Å². The maximum atomic E-state index is 12.0. The van der Waals surface area contributed by atoms with Crippen LogP contribution in [0.25, 0.3) is 6.08 Å². The predicted octanol–water partition coefficient (Wildman–Crippen LogP) is 2.76. The zero-order valence-corrected chi connectivity index (χ0v) is 14.2. The summed E-state index contributed by atoms with van der Waals surface area (Å²) < 4.78 is 6.70. The highest BCUT2D eigenvalue weighted by molar-refractivity contribution is 9.10. The number of nitrogens with two attached hydrogens (primary N) is 1. The Morgan fingerprint density at radius 1 is 1.29 bits per heavy atom. The van der Waals surface area contributed by atoms with E-state index in [2.05, 4.69) is 21.2 Å². The molecule has 1 aromatic rings. The molecule has 4 heteroatoms. The highest BCUT2D eigenvalue weighted by Crippen LogP contribution is 2.28. The van der Waals surface area contributed by atoms with Gasteiger partial charge in [-0.3, -0.25) is 0 Å². The standard InChI is InChI=1S/C17H22BrNO2/c1-17(2,14-9-11-19-12-10-14)21-16(20)8-5-13-3-6-15(18)7-4-13/h3-8,14,19H,9-12H2,1-2H3/p+1/b8-5+. The van der Waals surface area contributed by atoms with Crippen LogP contribution in [0.5, 0.6) is 0 Å². The van der Waals surface area contributed by atoms with Gasteiger partial charge < -0.3 is 10.1 Å². The van der Waals surface area contributed by atoms with Crippen molar-refractivity contribution in [2.75, 3.05) is 13.1 Å². The fourth-order valence-electron chi connectivity index (χ4n) is 2.74. The van der Waals surface area contributed by atoms with Gasteiger partial charge in [-0.1, -0.05) is 28.1 Å². The van der Waals surface area contributed by atoms with Crippen LogP contribution in [0.15, 0.2) is 34.8 Å². The second-order valence-electron chi connectivity index (χ2n) is 6.05. The van der Waals surface area contributed by atoms with E-state index in [1.165, 1.54) is 6.08 Å². The van der Waals surface area contributed by atoms with E-state index >= 15 is 0 Å². The van der Waals surface area contributed by atoms with Crippen molar-refractivity contribution < 1.29 is 14.8 Å². The van der Waals surface area contributed by atoms with Gasteiger partial charge in [0.1, 0.15) is 5.60 Å². The van der Waals surface area contributed by atoms with Crippen molar-refractivity contribution in [1.29, 1.82) is 0 Å². The molecule has 2 rings (SSSR count). The third-order valence-electron chi connectivity index (χ3n) is 4.07. The summed E-state index contributed by atoms with van der Waals surface area (Å²) in [5, 5.41) is 2.32. The van der Waals surface area contributed by atoms with Crippen molar-refractivity contribution in [3.8, 4) is 0 Å². The van der Waals surface area contributed by atoms with Crippen LogP contribution in [0.4, 0.5) is 0 Å². The third kappa shape index (κ3) is 4.97. The number of hydrogen-bond acceptors (Lipinski definition) is 2. The number of halogens is 1. The van der Waals surface area contributed by atoms with Crippen molar-refractivity contribution in [2.24, 2.45) is 5.92 Å². The lowest BCUT2D eigenvalue weighted by molar-refractivity contribution is -0.665. The first kappa shape index (κ1) is 16.2. The van der Waals surface area contributed by atoms with Crippen LogP contribution >= 0.6 is 15.9 Å². The molecule has 0 saturated carbocycles. The number of carbonyl (C=O) groups excluding carboxylic acids is 1. The highest BCUT2D eigenvalue weighted by Gasteiger charge is 2.34. The number of piperidine rings is 1. The fraction of sp³-hybridized carbons (Fsp3) is 0.471. The van der Waals surface area contributed by atoms with E-state index in [0.717, 1.165) is 36.0 Å². The molecule has 0 amide bonds. The molecule has 0 spiro atoms. The maximum absolute atomic E-state index is 12.0. The monoisotopic (exact) mass is 352 g/mol. The average molecular weight is 353 g/mol. The number of rotatable bonds is 4. The first-order valence-corrected chi connectivity index (χ1v) is 8.25. The van der Waals surface area contributed by atoms with E-state index in [4.69, 9.17) is 4.74 Å². The van der Waals surface area contributed by atoms with Crippen LogP contribution in [-0.4, -0.2) is 24.7 Å². The quantitative estimate of drug-likeness (QED) is 0.668. The lowest BCUT2D eigenvalue weighted by Crippen LogP contribution is -2.86. The molecule has 1 aliphatic heterocycles. The summed E-state index contributed by atoms with van der Waals surface area (Å²) in [4.78, 5) is 12.0. The molecule has 3 nitrogen and oxygen atoms in total. The van der Waals surface area contributed by atoms with Crippen LogP contribution in [0.1, 0.15) is 32.3 Å². The normalized spacial score (nSPS) is 17.1. The van der Waals surface area contributed by atoms with Gasteiger partial charge in [0.05, 0.1) is 13.1 Å². The van der Waals surface area contributed by atoms with Gasteiger partial charge in [-0.05, 0) is 37.6 Å². The molecule has 0 bridgehead atoms.